The molecule has 1 amide bonds. The lowest BCUT2D eigenvalue weighted by molar-refractivity contribution is -0.125. The summed E-state index contributed by atoms with van der Waals surface area (Å²) >= 11 is 11.8. The van der Waals surface area contributed by atoms with Crippen LogP contribution in [0.25, 0.3) is 0 Å². The first kappa shape index (κ1) is 12.4. The summed E-state index contributed by atoms with van der Waals surface area (Å²) in [5.74, 6) is -0.255. The molecule has 1 aliphatic rings. The monoisotopic (exact) mass is 270 g/mol. The third kappa shape index (κ3) is 2.45. The molecular weight excluding hydrogens is 259 g/mol. The lowest BCUT2D eigenvalue weighted by Crippen LogP contribution is -2.29. The number of nitrogens with zero attached hydrogens (tertiary/aromatic N) is 1. The normalized spacial score (nSPS) is 25.8. The first-order valence-corrected chi connectivity index (χ1v) is 5.98. The van der Waals surface area contributed by atoms with E-state index in [1.165, 1.54) is 0 Å². The molecule has 0 heterocycles. The molecule has 0 saturated heterocycles. The summed E-state index contributed by atoms with van der Waals surface area (Å²) in [6.45, 7) is 1.72. The van der Waals surface area contributed by atoms with Crippen molar-refractivity contribution in [2.45, 2.75) is 17.7 Å². The highest BCUT2D eigenvalue weighted by atomic mass is 35.5. The first-order valence-electron chi connectivity index (χ1n) is 5.22. The number of nitrogens with one attached hydrogen (secondary N) is 1. The minimum absolute atomic E-state index is 0.255. The zero-order chi connectivity index (χ0) is 12.5. The number of rotatable bonds is 3. The molecule has 5 heteroatoms. The Balaban J connectivity index is 1.92. The fraction of sp³-hybridized carbons (Fsp3) is 0.333. The van der Waals surface area contributed by atoms with Gasteiger partial charge in [-0.1, -0.05) is 30.3 Å². The van der Waals surface area contributed by atoms with Crippen molar-refractivity contribution in [1.82, 2.24) is 5.43 Å². The fourth-order valence-electron chi connectivity index (χ4n) is 1.47. The molecule has 0 unspecified atom stereocenters. The van der Waals surface area contributed by atoms with Gasteiger partial charge >= 0.3 is 0 Å². The van der Waals surface area contributed by atoms with Gasteiger partial charge in [0.15, 0.2) is 0 Å². The average molecular weight is 271 g/mol. The van der Waals surface area contributed by atoms with E-state index in [0.29, 0.717) is 6.42 Å². The quantitative estimate of drug-likeness (QED) is 0.512. The molecule has 0 bridgehead atoms. The number of hydrogen-bond acceptors (Lipinski definition) is 2. The molecule has 1 aromatic rings. The van der Waals surface area contributed by atoms with Crippen molar-refractivity contribution in [3.8, 4) is 0 Å². The van der Waals surface area contributed by atoms with Gasteiger partial charge in [-0.3, -0.25) is 4.79 Å². The third-order valence-corrected chi connectivity index (χ3v) is 4.04. The Kier molecular flexibility index (Phi) is 3.15. The zero-order valence-corrected chi connectivity index (χ0v) is 10.8. The van der Waals surface area contributed by atoms with Gasteiger partial charge in [-0.25, -0.2) is 5.43 Å². The van der Waals surface area contributed by atoms with E-state index in [1.54, 1.807) is 13.1 Å². The second-order valence-electron chi connectivity index (χ2n) is 4.32. The molecule has 1 saturated carbocycles. The van der Waals surface area contributed by atoms with Gasteiger partial charge < -0.3 is 0 Å². The van der Waals surface area contributed by atoms with Crippen molar-refractivity contribution < 1.29 is 4.79 Å². The zero-order valence-electron chi connectivity index (χ0n) is 9.28. The summed E-state index contributed by atoms with van der Waals surface area (Å²) in [5, 5.41) is 3.87. The fourth-order valence-corrected chi connectivity index (χ4v) is 2.18. The minimum atomic E-state index is -0.959. The largest absolute Gasteiger partial charge is 0.272 e. The van der Waals surface area contributed by atoms with Crippen molar-refractivity contribution in [2.75, 3.05) is 0 Å². The van der Waals surface area contributed by atoms with Gasteiger partial charge in [0.1, 0.15) is 4.33 Å². The number of benzene rings is 1. The number of halogens is 2. The summed E-state index contributed by atoms with van der Waals surface area (Å²) in [5.41, 5.74) is 2.63. The molecule has 90 valence electrons. The van der Waals surface area contributed by atoms with Gasteiger partial charge in [-0.05, 0) is 18.9 Å². The topological polar surface area (TPSA) is 41.5 Å². The molecule has 0 aliphatic heterocycles. The molecule has 0 aromatic heterocycles. The average Bonchev–Trinajstić information content (AvgIpc) is 2.81. The molecule has 2 rings (SSSR count). The Bertz CT molecular complexity index is 459. The van der Waals surface area contributed by atoms with E-state index in [2.05, 4.69) is 10.5 Å². The van der Waals surface area contributed by atoms with E-state index in [9.17, 15) is 4.79 Å². The Labute approximate surface area is 110 Å². The van der Waals surface area contributed by atoms with E-state index < -0.39 is 9.75 Å². The second-order valence-corrected chi connectivity index (χ2v) is 5.81. The highest BCUT2D eigenvalue weighted by Crippen LogP contribution is 2.63. The molecule has 1 atom stereocenters. The Morgan fingerprint density at radius 1 is 1.41 bits per heavy atom. The van der Waals surface area contributed by atoms with E-state index in [4.69, 9.17) is 23.2 Å². The van der Waals surface area contributed by atoms with Crippen molar-refractivity contribution >= 4 is 35.3 Å². The maximum atomic E-state index is 11.7. The predicted octanol–water partition coefficient (Wildman–Crippen LogP) is 2.72. The van der Waals surface area contributed by atoms with Gasteiger partial charge in [0, 0.05) is 0 Å². The smallest absolute Gasteiger partial charge is 0.249 e. The third-order valence-electron chi connectivity index (χ3n) is 2.94. The summed E-state index contributed by atoms with van der Waals surface area (Å²) in [6, 6.07) is 9.49. The van der Waals surface area contributed by atoms with Crippen LogP contribution in [0.3, 0.4) is 0 Å². The molecule has 17 heavy (non-hydrogen) atoms. The predicted molar refractivity (Wildman–Crippen MR) is 69.3 cm³/mol. The van der Waals surface area contributed by atoms with Crippen LogP contribution >= 0.6 is 23.2 Å². The number of carbonyl (C=O) groups excluding carboxylic acids is 1. The van der Waals surface area contributed by atoms with Crippen LogP contribution in [0.1, 0.15) is 18.9 Å². The number of carbonyl (C=O) groups is 1. The lowest BCUT2D eigenvalue weighted by Gasteiger charge is -2.08. The Morgan fingerprint density at radius 3 is 2.53 bits per heavy atom. The van der Waals surface area contributed by atoms with E-state index in [-0.39, 0.29) is 5.91 Å². The summed E-state index contributed by atoms with van der Waals surface area (Å²) in [7, 11) is 0. The van der Waals surface area contributed by atoms with Gasteiger partial charge in [-0.2, -0.15) is 5.10 Å². The number of hydrogen-bond donors (Lipinski definition) is 1. The summed E-state index contributed by atoms with van der Waals surface area (Å²) in [4.78, 5) is 11.7. The van der Waals surface area contributed by atoms with Gasteiger partial charge in [0.05, 0.1) is 11.6 Å². The summed E-state index contributed by atoms with van der Waals surface area (Å²) in [6.07, 6.45) is 2.03. The molecule has 0 radical (unpaired) electrons. The maximum Gasteiger partial charge on any atom is 0.249 e. The highest BCUT2D eigenvalue weighted by molar-refractivity contribution is 6.53. The van der Waals surface area contributed by atoms with Crippen molar-refractivity contribution in [3.05, 3.63) is 35.9 Å². The Hall–Kier alpha value is -1.06. The van der Waals surface area contributed by atoms with E-state index in [0.717, 1.165) is 5.56 Å². The van der Waals surface area contributed by atoms with Crippen LogP contribution in [0, 0.1) is 5.41 Å². The van der Waals surface area contributed by atoms with E-state index >= 15 is 0 Å². The lowest BCUT2D eigenvalue weighted by atomic mass is 10.1. The highest BCUT2D eigenvalue weighted by Gasteiger charge is 2.68. The van der Waals surface area contributed by atoms with Gasteiger partial charge in [0.25, 0.3) is 0 Å². The molecule has 0 spiro atoms. The standard InChI is InChI=1S/C12H12Cl2N2O/c1-11(8-12(11,13)14)10(17)16-15-7-9-5-3-2-4-6-9/h2-7H,8H2,1H3,(H,16,17)/b15-7-/t11-/m1/s1. The summed E-state index contributed by atoms with van der Waals surface area (Å²) < 4.78 is -0.959. The molecule has 1 aliphatic carbocycles. The molecule has 1 aromatic carbocycles. The van der Waals surface area contributed by atoms with Crippen LogP contribution in [0.2, 0.25) is 0 Å². The molecular formula is C12H12Cl2N2O. The maximum absolute atomic E-state index is 11.7. The molecule has 1 N–H and O–H groups in total. The molecule has 1 fully saturated rings. The number of amides is 1. The van der Waals surface area contributed by atoms with Crippen LogP contribution in [0.15, 0.2) is 35.4 Å². The second kappa shape index (κ2) is 4.31. The van der Waals surface area contributed by atoms with Crippen LogP contribution in [0.4, 0.5) is 0 Å². The van der Waals surface area contributed by atoms with Gasteiger partial charge in [-0.15, -0.1) is 23.2 Å². The number of hydrazone groups is 1. The van der Waals surface area contributed by atoms with Crippen LogP contribution in [-0.2, 0) is 4.79 Å². The van der Waals surface area contributed by atoms with Crippen LogP contribution in [0.5, 0.6) is 0 Å². The SMILES string of the molecule is C[C@]1(C(=O)N/N=C\c2ccccc2)CC1(Cl)Cl. The molecule has 3 nitrogen and oxygen atoms in total. The van der Waals surface area contributed by atoms with Gasteiger partial charge in [0.2, 0.25) is 5.91 Å². The first-order chi connectivity index (χ1) is 7.96. The van der Waals surface area contributed by atoms with Crippen molar-refractivity contribution in [3.63, 3.8) is 0 Å². The van der Waals surface area contributed by atoms with Crippen LogP contribution in [-0.4, -0.2) is 16.5 Å². The Morgan fingerprint density at radius 2 is 2.00 bits per heavy atom. The minimum Gasteiger partial charge on any atom is -0.272 e. The van der Waals surface area contributed by atoms with E-state index in [1.807, 2.05) is 30.3 Å². The van der Waals surface area contributed by atoms with Crippen molar-refractivity contribution in [2.24, 2.45) is 10.5 Å². The number of alkyl halides is 2. The van der Waals surface area contributed by atoms with Crippen molar-refractivity contribution in [1.29, 1.82) is 0 Å². The van der Waals surface area contributed by atoms with Crippen LogP contribution < -0.4 is 5.43 Å².